The Morgan fingerprint density at radius 3 is 2.52 bits per heavy atom. The fourth-order valence-electron chi connectivity index (χ4n) is 5.46. The average molecular weight is 409 g/mol. The SMILES string of the molecule is [C-]#[N+]C1=C(O)[C@H](C)[C@H]2CCc3c(-c4ccccc4)nc(-c4ccncc4)nc3[C@]2(C)C1. The number of hydrogen-bond donors (Lipinski definition) is 1. The lowest BCUT2D eigenvalue weighted by atomic mass is 9.57. The van der Waals surface area contributed by atoms with Gasteiger partial charge in [0, 0.05) is 40.4 Å². The molecule has 1 aromatic carbocycles. The molecule has 5 rings (SSSR count). The van der Waals surface area contributed by atoms with Gasteiger partial charge in [0.25, 0.3) is 0 Å². The van der Waals surface area contributed by atoms with E-state index in [9.17, 15) is 5.11 Å². The minimum absolute atomic E-state index is 0.0597. The van der Waals surface area contributed by atoms with Crippen LogP contribution in [-0.2, 0) is 11.8 Å². The highest BCUT2D eigenvalue weighted by Crippen LogP contribution is 2.54. The standard InChI is InChI=1S/C26H24N4O/c1-16-20-10-9-19-22(17-7-5-4-6-8-17)29-25(18-11-13-28-14-12-18)30-24(19)26(20,2)15-21(27-3)23(16)31/h4-8,11-14,16,20,31H,9-10,15H2,1-2H3/t16-,20-,26-/m1/s1. The summed E-state index contributed by atoms with van der Waals surface area (Å²) in [7, 11) is 0. The van der Waals surface area contributed by atoms with Gasteiger partial charge in [-0.05, 0) is 37.3 Å². The Morgan fingerprint density at radius 1 is 1.06 bits per heavy atom. The smallest absolute Gasteiger partial charge is 0.203 e. The molecule has 0 spiro atoms. The van der Waals surface area contributed by atoms with E-state index in [0.717, 1.165) is 35.4 Å². The average Bonchev–Trinajstić information content (AvgIpc) is 2.82. The molecule has 2 aliphatic carbocycles. The van der Waals surface area contributed by atoms with E-state index in [-0.39, 0.29) is 23.0 Å². The third-order valence-corrected chi connectivity index (χ3v) is 7.06. The van der Waals surface area contributed by atoms with Crippen LogP contribution in [0.2, 0.25) is 0 Å². The summed E-state index contributed by atoms with van der Waals surface area (Å²) in [5.41, 5.74) is 5.29. The molecule has 2 heterocycles. The van der Waals surface area contributed by atoms with Crippen LogP contribution in [-0.4, -0.2) is 20.1 Å². The number of fused-ring (bicyclic) bond motifs is 3. The second-order valence-corrected chi connectivity index (χ2v) is 8.80. The molecule has 3 aromatic rings. The fraction of sp³-hybridized carbons (Fsp3) is 0.308. The van der Waals surface area contributed by atoms with Crippen LogP contribution < -0.4 is 0 Å². The lowest BCUT2D eigenvalue weighted by Crippen LogP contribution is -2.45. The lowest BCUT2D eigenvalue weighted by molar-refractivity contribution is 0.135. The molecule has 0 saturated carbocycles. The van der Waals surface area contributed by atoms with Crippen molar-refractivity contribution in [1.29, 1.82) is 0 Å². The quantitative estimate of drug-likeness (QED) is 0.548. The largest absolute Gasteiger partial charge is 0.523 e. The van der Waals surface area contributed by atoms with Gasteiger partial charge in [-0.2, -0.15) is 0 Å². The Hall–Kier alpha value is -3.52. The van der Waals surface area contributed by atoms with E-state index in [0.29, 0.717) is 17.9 Å². The number of aliphatic hydroxyl groups is 1. The Morgan fingerprint density at radius 2 is 1.81 bits per heavy atom. The molecule has 31 heavy (non-hydrogen) atoms. The maximum Gasteiger partial charge on any atom is 0.203 e. The number of benzene rings is 1. The highest BCUT2D eigenvalue weighted by atomic mass is 16.3. The molecule has 2 aliphatic rings. The van der Waals surface area contributed by atoms with Crippen LogP contribution in [0.15, 0.2) is 66.3 Å². The predicted molar refractivity (Wildman–Crippen MR) is 120 cm³/mol. The van der Waals surface area contributed by atoms with Crippen molar-refractivity contribution in [3.8, 4) is 22.6 Å². The van der Waals surface area contributed by atoms with Crippen molar-refractivity contribution < 1.29 is 5.11 Å². The molecule has 0 unspecified atom stereocenters. The predicted octanol–water partition coefficient (Wildman–Crippen LogP) is 5.75. The second-order valence-electron chi connectivity index (χ2n) is 8.80. The zero-order chi connectivity index (χ0) is 21.6. The van der Waals surface area contributed by atoms with Crippen LogP contribution >= 0.6 is 0 Å². The van der Waals surface area contributed by atoms with Crippen molar-refractivity contribution >= 4 is 0 Å². The van der Waals surface area contributed by atoms with E-state index in [2.05, 4.69) is 28.9 Å². The van der Waals surface area contributed by atoms with Crippen molar-refractivity contribution in [3.63, 3.8) is 0 Å². The maximum atomic E-state index is 10.6. The molecule has 0 fully saturated rings. The molecule has 0 aliphatic heterocycles. The van der Waals surface area contributed by atoms with Gasteiger partial charge in [-0.25, -0.2) is 14.8 Å². The molecular weight excluding hydrogens is 384 g/mol. The first-order chi connectivity index (χ1) is 15.0. The summed E-state index contributed by atoms with van der Waals surface area (Å²) >= 11 is 0. The second kappa shape index (κ2) is 7.31. The lowest BCUT2D eigenvalue weighted by Gasteiger charge is -2.48. The molecule has 5 heteroatoms. The first-order valence-electron chi connectivity index (χ1n) is 10.7. The Kier molecular flexibility index (Phi) is 4.59. The monoisotopic (exact) mass is 408 g/mol. The fourth-order valence-corrected chi connectivity index (χ4v) is 5.46. The van der Waals surface area contributed by atoms with E-state index in [1.54, 1.807) is 12.4 Å². The Bertz CT molecular complexity index is 1210. The summed E-state index contributed by atoms with van der Waals surface area (Å²) in [4.78, 5) is 17.9. The number of rotatable bonds is 2. The van der Waals surface area contributed by atoms with Crippen LogP contribution in [0, 0.1) is 18.4 Å². The Balaban J connectivity index is 1.78. The van der Waals surface area contributed by atoms with Gasteiger partial charge in [0.15, 0.2) is 5.82 Å². The maximum absolute atomic E-state index is 10.6. The summed E-state index contributed by atoms with van der Waals surface area (Å²) in [6, 6.07) is 14.1. The van der Waals surface area contributed by atoms with Crippen LogP contribution in [0.4, 0.5) is 0 Å². The third kappa shape index (κ3) is 3.02. The minimum atomic E-state index is -0.326. The van der Waals surface area contributed by atoms with Crippen molar-refractivity contribution in [2.24, 2.45) is 11.8 Å². The van der Waals surface area contributed by atoms with Gasteiger partial charge < -0.3 is 5.11 Å². The normalized spacial score (nSPS) is 24.8. The van der Waals surface area contributed by atoms with Crippen LogP contribution in [0.1, 0.15) is 37.9 Å². The van der Waals surface area contributed by atoms with Crippen molar-refractivity contribution in [3.05, 3.63) is 89.0 Å². The number of hydrogen-bond acceptors (Lipinski definition) is 4. The molecule has 0 amide bonds. The molecule has 0 saturated heterocycles. The van der Waals surface area contributed by atoms with E-state index >= 15 is 0 Å². The Labute approximate surface area is 182 Å². The summed E-state index contributed by atoms with van der Waals surface area (Å²) in [5, 5.41) is 10.6. The molecule has 3 atom stereocenters. The number of pyridine rings is 1. The zero-order valence-electron chi connectivity index (χ0n) is 17.7. The summed E-state index contributed by atoms with van der Waals surface area (Å²) in [6.45, 7) is 11.9. The van der Waals surface area contributed by atoms with Crippen molar-refractivity contribution in [1.82, 2.24) is 15.0 Å². The van der Waals surface area contributed by atoms with Crippen LogP contribution in [0.25, 0.3) is 27.5 Å². The molecule has 1 N–H and O–H groups in total. The highest BCUT2D eigenvalue weighted by Gasteiger charge is 2.50. The van der Waals surface area contributed by atoms with Gasteiger partial charge in [0.05, 0.1) is 23.7 Å². The van der Waals surface area contributed by atoms with Gasteiger partial charge in [0.1, 0.15) is 0 Å². The number of aromatic nitrogens is 3. The molecule has 0 radical (unpaired) electrons. The van der Waals surface area contributed by atoms with E-state index in [4.69, 9.17) is 16.5 Å². The first kappa shape index (κ1) is 19.4. The van der Waals surface area contributed by atoms with Gasteiger partial charge in [-0.1, -0.05) is 44.2 Å². The van der Waals surface area contributed by atoms with Crippen molar-refractivity contribution in [2.45, 2.75) is 38.5 Å². The third-order valence-electron chi connectivity index (χ3n) is 7.06. The van der Waals surface area contributed by atoms with Gasteiger partial charge in [-0.15, -0.1) is 0 Å². The van der Waals surface area contributed by atoms with Gasteiger partial charge >= 0.3 is 0 Å². The summed E-state index contributed by atoms with van der Waals surface area (Å²) in [5.74, 6) is 1.11. The molecule has 0 bridgehead atoms. The van der Waals surface area contributed by atoms with Crippen LogP contribution in [0.3, 0.4) is 0 Å². The van der Waals surface area contributed by atoms with E-state index in [1.165, 1.54) is 5.56 Å². The zero-order valence-corrected chi connectivity index (χ0v) is 17.7. The highest BCUT2D eigenvalue weighted by molar-refractivity contribution is 5.69. The van der Waals surface area contributed by atoms with E-state index in [1.807, 2.05) is 37.3 Å². The summed E-state index contributed by atoms with van der Waals surface area (Å²) < 4.78 is 0. The molecule has 154 valence electrons. The molecular formula is C26H24N4O. The number of allylic oxidation sites excluding steroid dienone is 2. The summed E-state index contributed by atoms with van der Waals surface area (Å²) in [6.07, 6.45) is 5.82. The molecule has 5 nitrogen and oxygen atoms in total. The van der Waals surface area contributed by atoms with Gasteiger partial charge in [0.2, 0.25) is 5.70 Å². The minimum Gasteiger partial charge on any atom is -0.523 e. The van der Waals surface area contributed by atoms with Crippen molar-refractivity contribution in [2.75, 3.05) is 0 Å². The number of aliphatic hydroxyl groups excluding tert-OH is 1. The first-order valence-corrected chi connectivity index (χ1v) is 10.7. The topological polar surface area (TPSA) is 63.3 Å². The van der Waals surface area contributed by atoms with Gasteiger partial charge in [-0.3, -0.25) is 4.98 Å². The van der Waals surface area contributed by atoms with E-state index < -0.39 is 0 Å². The molecule has 2 aromatic heterocycles. The van der Waals surface area contributed by atoms with Crippen LogP contribution in [0.5, 0.6) is 0 Å². The number of nitrogens with zero attached hydrogens (tertiary/aromatic N) is 4.